The summed E-state index contributed by atoms with van der Waals surface area (Å²) in [7, 11) is 0. The van der Waals surface area contributed by atoms with E-state index in [9.17, 15) is 9.59 Å². The van der Waals surface area contributed by atoms with Crippen LogP contribution in [0.3, 0.4) is 0 Å². The lowest BCUT2D eigenvalue weighted by Gasteiger charge is -2.13. The molecule has 1 atom stereocenters. The number of imidazole rings is 1. The number of nitrogens with zero attached hydrogens (tertiary/aromatic N) is 3. The van der Waals surface area contributed by atoms with Crippen molar-refractivity contribution >= 4 is 39.0 Å². The highest BCUT2D eigenvalue weighted by atomic mass is 32.1. The van der Waals surface area contributed by atoms with Crippen molar-refractivity contribution < 1.29 is 9.21 Å². The molecular weight excluding hydrogens is 388 g/mol. The van der Waals surface area contributed by atoms with E-state index in [1.54, 1.807) is 42.5 Å². The van der Waals surface area contributed by atoms with Gasteiger partial charge in [0, 0.05) is 29.0 Å². The standard InChI is InChI=1S/C21H16N4O3S/c1-13(25-17-4-2-3-5-18(17)28-21(25)27)19(26)22-15-8-6-14(7-9-15)16-12-24-10-11-29-20(24)23-16/h2-13H,1H3,(H,22,26). The monoisotopic (exact) mass is 404 g/mol. The van der Waals surface area contributed by atoms with Crippen molar-refractivity contribution in [3.63, 3.8) is 0 Å². The number of amides is 1. The first kappa shape index (κ1) is 17.4. The molecule has 0 aliphatic carbocycles. The van der Waals surface area contributed by atoms with Gasteiger partial charge in [-0.05, 0) is 31.2 Å². The van der Waals surface area contributed by atoms with Gasteiger partial charge in [0.25, 0.3) is 0 Å². The lowest BCUT2D eigenvalue weighted by molar-refractivity contribution is -0.118. The lowest BCUT2D eigenvalue weighted by Crippen LogP contribution is -2.29. The molecule has 1 N–H and O–H groups in total. The molecule has 8 heteroatoms. The fraction of sp³-hybridized carbons (Fsp3) is 0.0952. The Bertz CT molecular complexity index is 1360. The highest BCUT2D eigenvalue weighted by molar-refractivity contribution is 7.15. The van der Waals surface area contributed by atoms with Crippen LogP contribution in [0.1, 0.15) is 13.0 Å². The maximum absolute atomic E-state index is 12.7. The first-order chi connectivity index (χ1) is 14.1. The Morgan fingerprint density at radius 1 is 1.17 bits per heavy atom. The number of oxazole rings is 1. The van der Waals surface area contributed by atoms with Crippen molar-refractivity contribution in [2.45, 2.75) is 13.0 Å². The Morgan fingerprint density at radius 3 is 2.76 bits per heavy atom. The van der Waals surface area contributed by atoms with Gasteiger partial charge in [-0.3, -0.25) is 13.8 Å². The fourth-order valence-electron chi connectivity index (χ4n) is 3.31. The topological polar surface area (TPSA) is 81.5 Å². The van der Waals surface area contributed by atoms with Crippen LogP contribution in [0.2, 0.25) is 0 Å². The molecule has 3 heterocycles. The predicted octanol–water partition coefficient (Wildman–Crippen LogP) is 4.17. The number of carbonyl (C=O) groups is 1. The number of nitrogens with one attached hydrogen (secondary N) is 1. The maximum atomic E-state index is 12.7. The number of anilines is 1. The predicted molar refractivity (Wildman–Crippen MR) is 112 cm³/mol. The molecule has 0 fully saturated rings. The van der Waals surface area contributed by atoms with E-state index >= 15 is 0 Å². The summed E-state index contributed by atoms with van der Waals surface area (Å²) in [5.41, 5.74) is 3.53. The quantitative estimate of drug-likeness (QED) is 0.487. The Labute approximate surface area is 168 Å². The second-order valence-corrected chi connectivity index (χ2v) is 7.54. The van der Waals surface area contributed by atoms with Crippen molar-refractivity contribution in [3.05, 3.63) is 76.9 Å². The average Bonchev–Trinajstić information content (AvgIpc) is 3.40. The highest BCUT2D eigenvalue weighted by Crippen LogP contribution is 2.24. The summed E-state index contributed by atoms with van der Waals surface area (Å²) in [5.74, 6) is -0.849. The normalized spacial score (nSPS) is 12.4. The first-order valence-electron chi connectivity index (χ1n) is 9.04. The van der Waals surface area contributed by atoms with Gasteiger partial charge in [0.15, 0.2) is 10.5 Å². The van der Waals surface area contributed by atoms with Gasteiger partial charge in [-0.15, -0.1) is 11.3 Å². The summed E-state index contributed by atoms with van der Waals surface area (Å²) in [5, 5.41) is 4.84. The molecule has 0 saturated carbocycles. The van der Waals surface area contributed by atoms with E-state index in [1.807, 2.05) is 46.4 Å². The minimum Gasteiger partial charge on any atom is -0.408 e. The summed E-state index contributed by atoms with van der Waals surface area (Å²) in [6.07, 6.45) is 3.94. The van der Waals surface area contributed by atoms with Crippen molar-refractivity contribution in [2.24, 2.45) is 0 Å². The second kappa shape index (κ2) is 6.75. The third kappa shape index (κ3) is 3.03. The largest absolute Gasteiger partial charge is 0.420 e. The fourth-order valence-corrected chi connectivity index (χ4v) is 4.01. The van der Waals surface area contributed by atoms with E-state index in [2.05, 4.69) is 10.3 Å². The van der Waals surface area contributed by atoms with Crippen LogP contribution >= 0.6 is 11.3 Å². The van der Waals surface area contributed by atoms with Crippen LogP contribution < -0.4 is 11.1 Å². The minimum absolute atomic E-state index is 0.297. The van der Waals surface area contributed by atoms with Crippen LogP contribution in [0, 0.1) is 0 Å². The van der Waals surface area contributed by atoms with Gasteiger partial charge in [0.05, 0.1) is 11.2 Å². The molecule has 2 aromatic carbocycles. The van der Waals surface area contributed by atoms with Crippen molar-refractivity contribution in [1.29, 1.82) is 0 Å². The third-order valence-electron chi connectivity index (χ3n) is 4.83. The molecule has 29 heavy (non-hydrogen) atoms. The molecule has 3 aromatic heterocycles. The molecule has 0 bridgehead atoms. The number of aromatic nitrogens is 3. The summed E-state index contributed by atoms with van der Waals surface area (Å²) in [6.45, 7) is 1.67. The Hall–Kier alpha value is -3.65. The molecule has 0 aliphatic heterocycles. The SMILES string of the molecule is CC(C(=O)Nc1ccc(-c2cn3ccsc3n2)cc1)n1c(=O)oc2ccccc21. The molecule has 0 aliphatic rings. The Kier molecular flexibility index (Phi) is 4.06. The average molecular weight is 404 g/mol. The van der Waals surface area contributed by atoms with Gasteiger partial charge in [-0.2, -0.15) is 0 Å². The van der Waals surface area contributed by atoms with E-state index in [1.165, 1.54) is 4.57 Å². The molecule has 5 aromatic rings. The summed E-state index contributed by atoms with van der Waals surface area (Å²) < 4.78 is 8.56. The van der Waals surface area contributed by atoms with Gasteiger partial charge in [0.2, 0.25) is 5.91 Å². The number of carbonyl (C=O) groups excluding carboxylic acids is 1. The molecule has 0 radical (unpaired) electrons. The zero-order valence-electron chi connectivity index (χ0n) is 15.4. The van der Waals surface area contributed by atoms with E-state index in [4.69, 9.17) is 4.42 Å². The number of benzene rings is 2. The maximum Gasteiger partial charge on any atom is 0.420 e. The van der Waals surface area contributed by atoms with Crippen LogP contribution in [0.5, 0.6) is 0 Å². The van der Waals surface area contributed by atoms with Gasteiger partial charge in [-0.1, -0.05) is 24.3 Å². The Balaban J connectivity index is 1.36. The van der Waals surface area contributed by atoms with Crippen LogP contribution in [0.15, 0.2) is 75.5 Å². The van der Waals surface area contributed by atoms with Crippen molar-refractivity contribution in [1.82, 2.24) is 14.0 Å². The van der Waals surface area contributed by atoms with E-state index < -0.39 is 11.8 Å². The number of hydrogen-bond acceptors (Lipinski definition) is 5. The number of hydrogen-bond donors (Lipinski definition) is 1. The molecule has 5 rings (SSSR count). The van der Waals surface area contributed by atoms with E-state index in [0.717, 1.165) is 16.2 Å². The summed E-state index contributed by atoms with van der Waals surface area (Å²) >= 11 is 1.58. The van der Waals surface area contributed by atoms with Crippen molar-refractivity contribution in [3.8, 4) is 11.3 Å². The number of para-hydroxylation sites is 2. The highest BCUT2D eigenvalue weighted by Gasteiger charge is 2.21. The van der Waals surface area contributed by atoms with Crippen LogP contribution in [-0.4, -0.2) is 19.9 Å². The molecule has 0 saturated heterocycles. The van der Waals surface area contributed by atoms with Gasteiger partial charge in [-0.25, -0.2) is 9.78 Å². The van der Waals surface area contributed by atoms with Gasteiger partial charge >= 0.3 is 5.76 Å². The van der Waals surface area contributed by atoms with Gasteiger partial charge < -0.3 is 9.73 Å². The number of thiazole rings is 1. The second-order valence-electron chi connectivity index (χ2n) is 6.67. The molecule has 1 amide bonds. The zero-order valence-corrected chi connectivity index (χ0v) is 16.2. The summed E-state index contributed by atoms with van der Waals surface area (Å²) in [6, 6.07) is 13.8. The van der Waals surface area contributed by atoms with Gasteiger partial charge in [0.1, 0.15) is 6.04 Å². The molecule has 0 spiro atoms. The lowest BCUT2D eigenvalue weighted by atomic mass is 10.1. The third-order valence-corrected chi connectivity index (χ3v) is 5.60. The first-order valence-corrected chi connectivity index (χ1v) is 9.92. The number of rotatable bonds is 4. The van der Waals surface area contributed by atoms with Crippen LogP contribution in [0.25, 0.3) is 27.3 Å². The molecule has 7 nitrogen and oxygen atoms in total. The molecule has 1 unspecified atom stereocenters. The minimum atomic E-state index is -0.717. The smallest absolute Gasteiger partial charge is 0.408 e. The summed E-state index contributed by atoms with van der Waals surface area (Å²) in [4.78, 5) is 30.4. The zero-order chi connectivity index (χ0) is 20.0. The molecular formula is C21H16N4O3S. The Morgan fingerprint density at radius 2 is 1.97 bits per heavy atom. The van der Waals surface area contributed by atoms with Crippen LogP contribution in [0.4, 0.5) is 5.69 Å². The van der Waals surface area contributed by atoms with Crippen LogP contribution in [-0.2, 0) is 4.79 Å². The van der Waals surface area contributed by atoms with Crippen molar-refractivity contribution in [2.75, 3.05) is 5.32 Å². The molecule has 144 valence electrons. The van der Waals surface area contributed by atoms with E-state index in [0.29, 0.717) is 16.8 Å². The van der Waals surface area contributed by atoms with E-state index in [-0.39, 0.29) is 5.91 Å². The number of fused-ring (bicyclic) bond motifs is 2.